The predicted molar refractivity (Wildman–Crippen MR) is 154 cm³/mol. The molecule has 0 saturated carbocycles. The zero-order valence-electron chi connectivity index (χ0n) is 22.9. The number of hydrogen-bond donors (Lipinski definition) is 1. The van der Waals surface area contributed by atoms with Gasteiger partial charge in [-0.25, -0.2) is 14.8 Å². The van der Waals surface area contributed by atoms with Gasteiger partial charge >= 0.3 is 5.97 Å². The van der Waals surface area contributed by atoms with Gasteiger partial charge in [0.1, 0.15) is 17.3 Å². The molecule has 2 aromatic heterocycles. The highest BCUT2D eigenvalue weighted by Crippen LogP contribution is 2.33. The molecule has 1 unspecified atom stereocenters. The van der Waals surface area contributed by atoms with Gasteiger partial charge in [-0.1, -0.05) is 12.1 Å². The third kappa shape index (κ3) is 7.34. The van der Waals surface area contributed by atoms with Gasteiger partial charge in [-0.15, -0.1) is 0 Å². The second-order valence-corrected chi connectivity index (χ2v) is 9.69. The average molecular weight is 555 g/mol. The molecule has 41 heavy (non-hydrogen) atoms. The van der Waals surface area contributed by atoms with Gasteiger partial charge in [-0.3, -0.25) is 20.1 Å². The Morgan fingerprint density at radius 3 is 2.59 bits per heavy atom. The molecule has 0 aliphatic carbocycles. The molecule has 12 heteroatoms. The molecule has 0 bridgehead atoms. The lowest BCUT2D eigenvalue weighted by Gasteiger charge is -2.23. The molecule has 12 nitrogen and oxygen atoms in total. The maximum Gasteiger partial charge on any atom is 0.341 e. The highest BCUT2D eigenvalue weighted by atomic mass is 16.6. The normalized spacial score (nSPS) is 15.6. The second-order valence-electron chi connectivity index (χ2n) is 9.69. The van der Waals surface area contributed by atoms with E-state index in [0.29, 0.717) is 41.4 Å². The molecule has 0 radical (unpaired) electrons. The summed E-state index contributed by atoms with van der Waals surface area (Å²) in [6, 6.07) is 11.9. The lowest BCUT2D eigenvalue weighted by molar-refractivity contribution is -0.385. The van der Waals surface area contributed by atoms with Crippen LogP contribution in [-0.2, 0) is 10.3 Å². The summed E-state index contributed by atoms with van der Waals surface area (Å²) in [5.41, 5.74) is 1.44. The van der Waals surface area contributed by atoms with Crippen LogP contribution in [-0.4, -0.2) is 70.8 Å². The van der Waals surface area contributed by atoms with Crippen molar-refractivity contribution in [3.8, 4) is 17.3 Å². The van der Waals surface area contributed by atoms with Crippen molar-refractivity contribution in [1.29, 1.82) is 5.26 Å². The molecular formula is C29H30N8O4. The van der Waals surface area contributed by atoms with Gasteiger partial charge in [0.2, 0.25) is 5.95 Å². The molecule has 1 aromatic carbocycles. The molecule has 1 atom stereocenters. The topological polar surface area (TPSA) is 160 Å². The van der Waals surface area contributed by atoms with Gasteiger partial charge in [-0.2, -0.15) is 5.26 Å². The number of ether oxygens (including phenoxy) is 1. The van der Waals surface area contributed by atoms with Gasteiger partial charge < -0.3 is 15.0 Å². The van der Waals surface area contributed by atoms with Crippen LogP contribution in [0.25, 0.3) is 11.3 Å². The van der Waals surface area contributed by atoms with E-state index in [9.17, 15) is 20.2 Å². The van der Waals surface area contributed by atoms with Gasteiger partial charge in [0, 0.05) is 30.6 Å². The number of carbonyl (C=O) groups excluding carboxylic acids is 1. The Morgan fingerprint density at radius 1 is 1.15 bits per heavy atom. The lowest BCUT2D eigenvalue weighted by atomic mass is 9.92. The number of anilines is 1. The molecule has 3 heterocycles. The number of nitrogens with one attached hydrogen (secondary N) is 1. The predicted octanol–water partition coefficient (Wildman–Crippen LogP) is 4.16. The standard InChI is InChI=1S/C29H30N8O4/c1-36(2)16-3-4-17-41-27(38)24-20-33-28(35-26(24)22-8-6-21(18-30)7-9-22)31-15-13-29(12-5-14-34-29)25-11-10-23(19-32-25)37(39)40/h5-12,14,19-20H,3-4,13,15-17H2,1-2H3,(H,31,33,35). The number of allylic oxidation sites excluding steroid dienone is 1. The van der Waals surface area contributed by atoms with Crippen LogP contribution in [0.3, 0.4) is 0 Å². The first-order chi connectivity index (χ1) is 19.8. The van der Waals surface area contributed by atoms with Crippen LogP contribution < -0.4 is 5.32 Å². The number of nitro groups is 1. The van der Waals surface area contributed by atoms with Crippen molar-refractivity contribution in [1.82, 2.24) is 19.9 Å². The number of hydrogen-bond acceptors (Lipinski definition) is 11. The van der Waals surface area contributed by atoms with Crippen molar-refractivity contribution in [2.24, 2.45) is 4.99 Å². The van der Waals surface area contributed by atoms with Crippen LogP contribution in [0.1, 0.15) is 40.9 Å². The Bertz CT molecular complexity index is 1470. The second kappa shape index (κ2) is 13.4. The molecule has 0 amide bonds. The first-order valence-electron chi connectivity index (χ1n) is 13.1. The number of esters is 1. The molecule has 0 spiro atoms. The summed E-state index contributed by atoms with van der Waals surface area (Å²) in [5, 5.41) is 23.4. The van der Waals surface area contributed by atoms with Crippen LogP contribution in [0.15, 0.2) is 65.9 Å². The highest BCUT2D eigenvalue weighted by Gasteiger charge is 2.32. The lowest BCUT2D eigenvalue weighted by Crippen LogP contribution is -2.25. The van der Waals surface area contributed by atoms with Gasteiger partial charge in [0.05, 0.1) is 34.6 Å². The minimum absolute atomic E-state index is 0.0936. The molecule has 3 aromatic rings. The minimum atomic E-state index is -0.783. The number of aliphatic imine (C=N–C) groups is 1. The monoisotopic (exact) mass is 554 g/mol. The summed E-state index contributed by atoms with van der Waals surface area (Å²) in [4.78, 5) is 43.4. The summed E-state index contributed by atoms with van der Waals surface area (Å²) < 4.78 is 5.51. The summed E-state index contributed by atoms with van der Waals surface area (Å²) in [7, 11) is 3.99. The fourth-order valence-corrected chi connectivity index (χ4v) is 4.28. The fourth-order valence-electron chi connectivity index (χ4n) is 4.28. The fraction of sp³-hybridized carbons (Fsp3) is 0.310. The molecule has 1 aliphatic rings. The van der Waals surface area contributed by atoms with Gasteiger partial charge in [0.15, 0.2) is 0 Å². The average Bonchev–Trinajstić information content (AvgIpc) is 3.47. The third-order valence-corrected chi connectivity index (χ3v) is 6.48. The van der Waals surface area contributed by atoms with E-state index in [1.807, 2.05) is 26.2 Å². The van der Waals surface area contributed by atoms with E-state index in [1.165, 1.54) is 18.5 Å². The van der Waals surface area contributed by atoms with Crippen LogP contribution in [0.4, 0.5) is 11.6 Å². The Balaban J connectivity index is 1.50. The highest BCUT2D eigenvalue weighted by molar-refractivity contribution is 5.96. The van der Waals surface area contributed by atoms with E-state index in [-0.39, 0.29) is 17.9 Å². The van der Waals surface area contributed by atoms with Crippen molar-refractivity contribution < 1.29 is 14.5 Å². The van der Waals surface area contributed by atoms with Gasteiger partial charge in [-0.05, 0) is 70.3 Å². The maximum atomic E-state index is 13.0. The van der Waals surface area contributed by atoms with Crippen molar-refractivity contribution in [2.75, 3.05) is 39.1 Å². The van der Waals surface area contributed by atoms with E-state index >= 15 is 0 Å². The van der Waals surface area contributed by atoms with E-state index < -0.39 is 16.4 Å². The first kappa shape index (κ1) is 29.0. The molecule has 1 aliphatic heterocycles. The first-order valence-corrected chi connectivity index (χ1v) is 13.1. The van der Waals surface area contributed by atoms with Crippen molar-refractivity contribution in [3.05, 3.63) is 87.9 Å². The van der Waals surface area contributed by atoms with Crippen LogP contribution in [0.2, 0.25) is 0 Å². The van der Waals surface area contributed by atoms with E-state index in [0.717, 1.165) is 19.4 Å². The number of aromatic nitrogens is 3. The molecule has 0 saturated heterocycles. The quantitative estimate of drug-likeness (QED) is 0.141. The van der Waals surface area contributed by atoms with Gasteiger partial charge in [0.25, 0.3) is 5.69 Å². The number of benzene rings is 1. The largest absolute Gasteiger partial charge is 0.462 e. The van der Waals surface area contributed by atoms with E-state index in [2.05, 4.69) is 36.2 Å². The number of carbonyl (C=O) groups is 1. The Kier molecular flexibility index (Phi) is 9.44. The maximum absolute atomic E-state index is 13.0. The Morgan fingerprint density at radius 2 is 1.95 bits per heavy atom. The van der Waals surface area contributed by atoms with E-state index in [4.69, 9.17) is 4.74 Å². The molecule has 210 valence electrons. The van der Waals surface area contributed by atoms with Crippen molar-refractivity contribution in [2.45, 2.75) is 24.8 Å². The van der Waals surface area contributed by atoms with Crippen LogP contribution in [0.5, 0.6) is 0 Å². The number of unbranched alkanes of at least 4 members (excludes halogenated alkanes) is 1. The number of pyridine rings is 1. The zero-order chi connectivity index (χ0) is 29.2. The number of rotatable bonds is 13. The third-order valence-electron chi connectivity index (χ3n) is 6.48. The summed E-state index contributed by atoms with van der Waals surface area (Å²) in [5.74, 6) is -0.223. The minimum Gasteiger partial charge on any atom is -0.462 e. The van der Waals surface area contributed by atoms with Crippen molar-refractivity contribution >= 4 is 23.8 Å². The molecular weight excluding hydrogens is 524 g/mol. The molecule has 4 rings (SSSR count). The number of nitriles is 1. The Labute approximate surface area is 237 Å². The smallest absolute Gasteiger partial charge is 0.341 e. The summed E-state index contributed by atoms with van der Waals surface area (Å²) in [6.45, 7) is 1.58. The SMILES string of the molecule is CN(C)CCCCOC(=O)c1cnc(NCCC2(c3ccc([N+](=O)[O-])cn3)C=CC=N2)nc1-c1ccc(C#N)cc1. The summed E-state index contributed by atoms with van der Waals surface area (Å²) >= 11 is 0. The zero-order valence-corrected chi connectivity index (χ0v) is 22.9. The van der Waals surface area contributed by atoms with Crippen LogP contribution in [0, 0.1) is 21.4 Å². The van der Waals surface area contributed by atoms with E-state index in [1.54, 1.807) is 36.5 Å². The van der Waals surface area contributed by atoms with Crippen LogP contribution >= 0.6 is 0 Å². The summed E-state index contributed by atoms with van der Waals surface area (Å²) in [6.07, 6.45) is 10.1. The van der Waals surface area contributed by atoms with Crippen molar-refractivity contribution in [3.63, 3.8) is 0 Å². The Hall–Kier alpha value is -5.02. The molecule has 1 N–H and O–H groups in total. The number of nitrogens with zero attached hydrogens (tertiary/aromatic N) is 7. The molecule has 0 fully saturated rings.